The fourth-order valence-corrected chi connectivity index (χ4v) is 2.06. The van der Waals surface area contributed by atoms with Crippen LogP contribution in [0.1, 0.15) is 24.2 Å². The van der Waals surface area contributed by atoms with Gasteiger partial charge in [0.25, 0.3) is 11.8 Å². The van der Waals surface area contributed by atoms with Gasteiger partial charge >= 0.3 is 12.0 Å². The van der Waals surface area contributed by atoms with Gasteiger partial charge in [-0.1, -0.05) is 37.0 Å². The number of carbonyl (C=O) groups excluding carboxylic acids is 4. The van der Waals surface area contributed by atoms with Gasteiger partial charge in [0, 0.05) is 5.56 Å². The van der Waals surface area contributed by atoms with Crippen molar-refractivity contribution in [1.82, 2.24) is 10.6 Å². The van der Waals surface area contributed by atoms with Crippen molar-refractivity contribution in [3.05, 3.63) is 33.8 Å². The van der Waals surface area contributed by atoms with Gasteiger partial charge in [0.15, 0.2) is 6.10 Å². The van der Waals surface area contributed by atoms with Gasteiger partial charge in [-0.2, -0.15) is 0 Å². The lowest BCUT2D eigenvalue weighted by molar-refractivity contribution is -0.157. The minimum absolute atomic E-state index is 0.194. The van der Waals surface area contributed by atoms with E-state index in [0.29, 0.717) is 0 Å². The Kier molecular flexibility index (Phi) is 7.66. The maximum atomic E-state index is 12.0. The van der Waals surface area contributed by atoms with E-state index < -0.39 is 42.4 Å². The lowest BCUT2D eigenvalue weighted by Gasteiger charge is -2.19. The zero-order valence-corrected chi connectivity index (χ0v) is 15.0. The molecular weight excluding hydrogens is 373 g/mol. The number of imide groups is 1. The standard InChI is InChI=1S/C15H17Cl2N3O5/c1-7(2)12(14(23)20-15(18)24)25-11(21)6-19-13(22)8-3-4-9(16)10(17)5-8/h3-5,7,12H,6H2,1-2H3,(H,19,22)(H3,18,20,23,24)/t12-/m1/s1. The Balaban J connectivity index is 2.62. The second kappa shape index (κ2) is 9.24. The van der Waals surface area contributed by atoms with E-state index in [2.05, 4.69) is 5.32 Å². The summed E-state index contributed by atoms with van der Waals surface area (Å²) in [5.41, 5.74) is 5.06. The molecule has 0 spiro atoms. The number of amides is 4. The molecule has 0 saturated heterocycles. The molecule has 0 fully saturated rings. The van der Waals surface area contributed by atoms with E-state index >= 15 is 0 Å². The third-order valence-corrected chi connectivity index (χ3v) is 3.68. The molecule has 8 nitrogen and oxygen atoms in total. The van der Waals surface area contributed by atoms with Gasteiger partial charge in [0.05, 0.1) is 10.0 Å². The zero-order chi connectivity index (χ0) is 19.1. The first kappa shape index (κ1) is 20.7. The summed E-state index contributed by atoms with van der Waals surface area (Å²) in [5, 5.41) is 4.65. The van der Waals surface area contributed by atoms with Gasteiger partial charge in [-0.05, 0) is 24.1 Å². The van der Waals surface area contributed by atoms with Crippen molar-refractivity contribution in [1.29, 1.82) is 0 Å². The Morgan fingerprint density at radius 3 is 2.32 bits per heavy atom. The van der Waals surface area contributed by atoms with Crippen LogP contribution in [0.3, 0.4) is 0 Å². The number of carbonyl (C=O) groups is 4. The van der Waals surface area contributed by atoms with Crippen LogP contribution in [0.5, 0.6) is 0 Å². The minimum Gasteiger partial charge on any atom is -0.451 e. The van der Waals surface area contributed by atoms with E-state index in [9.17, 15) is 19.2 Å². The fourth-order valence-electron chi connectivity index (χ4n) is 1.76. The fraction of sp³-hybridized carbons (Fsp3) is 0.333. The molecule has 10 heteroatoms. The van der Waals surface area contributed by atoms with Crippen molar-refractivity contribution in [3.8, 4) is 0 Å². The van der Waals surface area contributed by atoms with Gasteiger partial charge in [0.2, 0.25) is 0 Å². The highest BCUT2D eigenvalue weighted by Gasteiger charge is 2.27. The SMILES string of the molecule is CC(C)[C@@H](OC(=O)CNC(=O)c1ccc(Cl)c(Cl)c1)C(=O)NC(N)=O. The molecule has 0 heterocycles. The van der Waals surface area contributed by atoms with E-state index in [4.69, 9.17) is 33.7 Å². The van der Waals surface area contributed by atoms with Crippen LogP contribution in [0.25, 0.3) is 0 Å². The predicted octanol–water partition coefficient (Wildman–Crippen LogP) is 1.49. The van der Waals surface area contributed by atoms with Gasteiger partial charge in [-0.3, -0.25) is 19.7 Å². The molecule has 4 amide bonds. The van der Waals surface area contributed by atoms with Crippen molar-refractivity contribution in [2.24, 2.45) is 11.7 Å². The molecule has 1 atom stereocenters. The molecule has 0 aliphatic rings. The number of hydrogen-bond acceptors (Lipinski definition) is 5. The van der Waals surface area contributed by atoms with Gasteiger partial charge in [-0.25, -0.2) is 4.79 Å². The highest BCUT2D eigenvalue weighted by Crippen LogP contribution is 2.22. The van der Waals surface area contributed by atoms with Crippen molar-refractivity contribution in [3.63, 3.8) is 0 Å². The van der Waals surface area contributed by atoms with Crippen LogP contribution in [0.4, 0.5) is 4.79 Å². The van der Waals surface area contributed by atoms with Crippen LogP contribution >= 0.6 is 23.2 Å². The second-order valence-corrected chi connectivity index (χ2v) is 6.13. The summed E-state index contributed by atoms with van der Waals surface area (Å²) in [6.45, 7) is 2.76. The summed E-state index contributed by atoms with van der Waals surface area (Å²) in [4.78, 5) is 46.2. The minimum atomic E-state index is -1.22. The number of hydrogen-bond donors (Lipinski definition) is 3. The van der Waals surface area contributed by atoms with E-state index in [-0.39, 0.29) is 15.6 Å². The van der Waals surface area contributed by atoms with Crippen LogP contribution in [-0.4, -0.2) is 36.5 Å². The Morgan fingerprint density at radius 1 is 1.16 bits per heavy atom. The number of ether oxygens (including phenoxy) is 1. The largest absolute Gasteiger partial charge is 0.451 e. The quantitative estimate of drug-likeness (QED) is 0.634. The van der Waals surface area contributed by atoms with Crippen LogP contribution < -0.4 is 16.4 Å². The van der Waals surface area contributed by atoms with Crippen molar-refractivity contribution in [2.75, 3.05) is 6.54 Å². The van der Waals surface area contributed by atoms with Crippen LogP contribution in [0.15, 0.2) is 18.2 Å². The summed E-state index contributed by atoms with van der Waals surface area (Å²) in [6, 6.07) is 3.17. The van der Waals surface area contributed by atoms with E-state index in [1.54, 1.807) is 13.8 Å². The van der Waals surface area contributed by atoms with Crippen molar-refractivity contribution >= 4 is 47.0 Å². The van der Waals surface area contributed by atoms with Gasteiger partial charge < -0.3 is 15.8 Å². The number of halogens is 2. The lowest BCUT2D eigenvalue weighted by atomic mass is 10.1. The molecule has 0 aliphatic heterocycles. The highest BCUT2D eigenvalue weighted by molar-refractivity contribution is 6.42. The normalized spacial score (nSPS) is 11.6. The first-order valence-corrected chi connectivity index (χ1v) is 7.90. The average Bonchev–Trinajstić information content (AvgIpc) is 2.51. The Labute approximate surface area is 154 Å². The van der Waals surface area contributed by atoms with Gasteiger partial charge in [-0.15, -0.1) is 0 Å². The van der Waals surface area contributed by atoms with E-state index in [1.165, 1.54) is 18.2 Å². The molecule has 0 aliphatic carbocycles. The molecule has 0 unspecified atom stereocenters. The van der Waals surface area contributed by atoms with E-state index in [0.717, 1.165) is 0 Å². The lowest BCUT2D eigenvalue weighted by Crippen LogP contribution is -2.46. The zero-order valence-electron chi connectivity index (χ0n) is 13.5. The summed E-state index contributed by atoms with van der Waals surface area (Å²) in [5.74, 6) is -2.68. The molecule has 0 bridgehead atoms. The third-order valence-electron chi connectivity index (χ3n) is 2.94. The number of urea groups is 1. The second-order valence-electron chi connectivity index (χ2n) is 5.32. The number of benzene rings is 1. The summed E-state index contributed by atoms with van der Waals surface area (Å²) in [6.07, 6.45) is -1.22. The van der Waals surface area contributed by atoms with Crippen LogP contribution in [-0.2, 0) is 14.3 Å². The molecular formula is C15H17Cl2N3O5. The van der Waals surface area contributed by atoms with Crippen LogP contribution in [0.2, 0.25) is 10.0 Å². The molecule has 0 saturated carbocycles. The Morgan fingerprint density at radius 2 is 1.80 bits per heavy atom. The van der Waals surface area contributed by atoms with Crippen molar-refractivity contribution in [2.45, 2.75) is 20.0 Å². The maximum Gasteiger partial charge on any atom is 0.326 e. The van der Waals surface area contributed by atoms with Gasteiger partial charge in [0.1, 0.15) is 6.54 Å². The van der Waals surface area contributed by atoms with Crippen LogP contribution in [0, 0.1) is 5.92 Å². The monoisotopic (exact) mass is 389 g/mol. The van der Waals surface area contributed by atoms with E-state index in [1.807, 2.05) is 5.32 Å². The molecule has 0 radical (unpaired) electrons. The maximum absolute atomic E-state index is 12.0. The molecule has 1 aromatic rings. The number of esters is 1. The third kappa shape index (κ3) is 6.60. The first-order valence-electron chi connectivity index (χ1n) is 7.14. The molecule has 0 aromatic heterocycles. The highest BCUT2D eigenvalue weighted by atomic mass is 35.5. The molecule has 25 heavy (non-hydrogen) atoms. The Bertz CT molecular complexity index is 694. The number of nitrogens with one attached hydrogen (secondary N) is 2. The first-order chi connectivity index (χ1) is 11.6. The smallest absolute Gasteiger partial charge is 0.326 e. The molecule has 136 valence electrons. The summed E-state index contributed by atoms with van der Waals surface area (Å²) < 4.78 is 4.98. The molecule has 1 rings (SSSR count). The molecule has 1 aromatic carbocycles. The summed E-state index contributed by atoms with van der Waals surface area (Å²) >= 11 is 11.6. The number of rotatable bonds is 6. The number of nitrogens with two attached hydrogens (primary N) is 1. The molecule has 4 N–H and O–H groups in total. The number of primary amides is 1. The Hall–Kier alpha value is -2.32. The topological polar surface area (TPSA) is 128 Å². The summed E-state index contributed by atoms with van der Waals surface area (Å²) in [7, 11) is 0. The average molecular weight is 390 g/mol. The van der Waals surface area contributed by atoms with Crippen molar-refractivity contribution < 1.29 is 23.9 Å². The predicted molar refractivity (Wildman–Crippen MR) is 91.2 cm³/mol.